The van der Waals surface area contributed by atoms with Crippen LogP contribution >= 0.6 is 0 Å². The second kappa shape index (κ2) is 6.41. The fourth-order valence-corrected chi connectivity index (χ4v) is 4.00. The van der Waals surface area contributed by atoms with E-state index in [0.717, 1.165) is 0 Å². The molecule has 9 heteroatoms. The Hall–Kier alpha value is -2.81. The van der Waals surface area contributed by atoms with Gasteiger partial charge in [0, 0.05) is 24.5 Å². The summed E-state index contributed by atoms with van der Waals surface area (Å²) in [7, 11) is -0.688. The number of ether oxygens (including phenoxy) is 2. The van der Waals surface area contributed by atoms with Gasteiger partial charge < -0.3 is 15.2 Å². The molecule has 8 nitrogen and oxygen atoms in total. The molecule has 0 aliphatic heterocycles. The van der Waals surface area contributed by atoms with E-state index in [-0.39, 0.29) is 10.6 Å². The third-order valence-corrected chi connectivity index (χ3v) is 6.77. The maximum atomic E-state index is 13.0. The molecular formula is C18H22N4O4S. The van der Waals surface area contributed by atoms with Crippen molar-refractivity contribution < 1.29 is 17.9 Å². The number of hydrogen-bond donors (Lipinski definition) is 1. The second-order valence-corrected chi connectivity index (χ2v) is 9.67. The van der Waals surface area contributed by atoms with Gasteiger partial charge in [0.25, 0.3) is 0 Å². The number of sulfone groups is 1. The molecule has 0 saturated heterocycles. The Balaban J connectivity index is 2.33. The Morgan fingerprint density at radius 3 is 2.30 bits per heavy atom. The van der Waals surface area contributed by atoms with Crippen LogP contribution in [0, 0.1) is 0 Å². The maximum absolute atomic E-state index is 13.0. The zero-order chi connectivity index (χ0) is 20.0. The van der Waals surface area contributed by atoms with Gasteiger partial charge in [0.1, 0.15) is 27.9 Å². The summed E-state index contributed by atoms with van der Waals surface area (Å²) in [4.78, 5) is 8.56. The molecule has 0 fully saturated rings. The van der Waals surface area contributed by atoms with Gasteiger partial charge in [-0.05, 0) is 20.8 Å². The fourth-order valence-electron chi connectivity index (χ4n) is 2.69. The Kier molecular flexibility index (Phi) is 4.51. The molecule has 0 unspecified atom stereocenters. The topological polar surface area (TPSA) is 109 Å². The minimum absolute atomic E-state index is 0.0895. The predicted octanol–water partition coefficient (Wildman–Crippen LogP) is 2.57. The molecule has 144 valence electrons. The summed E-state index contributed by atoms with van der Waals surface area (Å²) in [6.07, 6.45) is 4.71. The SMILES string of the molecule is COc1cc(N)ncc1-c1cnc2cc(OC)c(S(=O)(=O)C(C)(C)C)cn12. The van der Waals surface area contributed by atoms with E-state index in [1.807, 2.05) is 0 Å². The van der Waals surface area contributed by atoms with Gasteiger partial charge in [-0.25, -0.2) is 18.4 Å². The van der Waals surface area contributed by atoms with Gasteiger partial charge >= 0.3 is 0 Å². The summed E-state index contributed by atoms with van der Waals surface area (Å²) in [5.74, 6) is 1.08. The Bertz CT molecular complexity index is 1110. The van der Waals surface area contributed by atoms with Crippen LogP contribution in [-0.4, -0.2) is 41.8 Å². The van der Waals surface area contributed by atoms with Crippen molar-refractivity contribution in [2.45, 2.75) is 30.4 Å². The minimum atomic E-state index is -3.65. The van der Waals surface area contributed by atoms with Gasteiger partial charge in [-0.2, -0.15) is 0 Å². The van der Waals surface area contributed by atoms with Gasteiger partial charge in [0.15, 0.2) is 9.84 Å². The summed E-state index contributed by atoms with van der Waals surface area (Å²) >= 11 is 0. The Labute approximate surface area is 157 Å². The Morgan fingerprint density at radius 2 is 1.70 bits per heavy atom. The minimum Gasteiger partial charge on any atom is -0.496 e. The summed E-state index contributed by atoms with van der Waals surface area (Å²) in [5.41, 5.74) is 7.53. The molecular weight excluding hydrogens is 368 g/mol. The number of nitrogens with two attached hydrogens (primary N) is 1. The number of rotatable bonds is 4. The number of pyridine rings is 2. The third kappa shape index (κ3) is 3.08. The lowest BCUT2D eigenvalue weighted by atomic mass is 10.2. The quantitative estimate of drug-likeness (QED) is 0.729. The largest absolute Gasteiger partial charge is 0.496 e. The summed E-state index contributed by atoms with van der Waals surface area (Å²) in [6, 6.07) is 3.20. The van der Waals surface area contributed by atoms with Gasteiger partial charge in [-0.3, -0.25) is 4.40 Å². The van der Waals surface area contributed by atoms with Crippen LogP contribution in [0.3, 0.4) is 0 Å². The molecule has 0 spiro atoms. The molecule has 0 atom stereocenters. The van der Waals surface area contributed by atoms with Gasteiger partial charge in [0.2, 0.25) is 0 Å². The Morgan fingerprint density at radius 1 is 1.04 bits per heavy atom. The number of imidazole rings is 1. The highest BCUT2D eigenvalue weighted by Crippen LogP contribution is 2.36. The number of aromatic nitrogens is 3. The lowest BCUT2D eigenvalue weighted by molar-refractivity contribution is 0.401. The van der Waals surface area contributed by atoms with E-state index in [9.17, 15) is 8.42 Å². The van der Waals surface area contributed by atoms with Crippen molar-refractivity contribution in [1.29, 1.82) is 0 Å². The number of methoxy groups -OCH3 is 2. The van der Waals surface area contributed by atoms with Crippen LogP contribution in [0.25, 0.3) is 16.9 Å². The average molecular weight is 390 g/mol. The van der Waals surface area contributed by atoms with E-state index in [2.05, 4.69) is 9.97 Å². The zero-order valence-corrected chi connectivity index (χ0v) is 16.7. The lowest BCUT2D eigenvalue weighted by Crippen LogP contribution is -2.28. The highest BCUT2D eigenvalue weighted by atomic mass is 32.2. The lowest BCUT2D eigenvalue weighted by Gasteiger charge is -2.21. The highest BCUT2D eigenvalue weighted by molar-refractivity contribution is 7.92. The van der Waals surface area contributed by atoms with Crippen molar-refractivity contribution in [2.75, 3.05) is 20.0 Å². The van der Waals surface area contributed by atoms with Crippen molar-refractivity contribution >= 4 is 21.3 Å². The van der Waals surface area contributed by atoms with Gasteiger partial charge in [0.05, 0.1) is 36.4 Å². The first-order chi connectivity index (χ1) is 12.6. The van der Waals surface area contributed by atoms with E-state index in [1.54, 1.807) is 49.7 Å². The van der Waals surface area contributed by atoms with Crippen molar-refractivity contribution in [1.82, 2.24) is 14.4 Å². The van der Waals surface area contributed by atoms with E-state index in [0.29, 0.717) is 28.5 Å². The monoisotopic (exact) mass is 390 g/mol. The first-order valence-corrected chi connectivity index (χ1v) is 9.68. The predicted molar refractivity (Wildman–Crippen MR) is 103 cm³/mol. The van der Waals surface area contributed by atoms with Crippen LogP contribution < -0.4 is 15.2 Å². The fraction of sp³-hybridized carbons (Fsp3) is 0.333. The van der Waals surface area contributed by atoms with Crippen LogP contribution in [0.15, 0.2) is 35.6 Å². The van der Waals surface area contributed by atoms with E-state index in [1.165, 1.54) is 20.4 Å². The average Bonchev–Trinajstić information content (AvgIpc) is 3.02. The number of nitrogen functional groups attached to an aromatic ring is 1. The van der Waals surface area contributed by atoms with E-state index in [4.69, 9.17) is 15.2 Å². The molecule has 0 amide bonds. The molecule has 0 radical (unpaired) electrons. The van der Waals surface area contributed by atoms with Crippen molar-refractivity contribution in [3.05, 3.63) is 30.7 Å². The maximum Gasteiger partial charge on any atom is 0.188 e. The molecule has 3 rings (SSSR count). The van der Waals surface area contributed by atoms with Gasteiger partial charge in [-0.15, -0.1) is 0 Å². The van der Waals surface area contributed by atoms with Crippen LogP contribution in [0.1, 0.15) is 20.8 Å². The molecule has 0 bridgehead atoms. The van der Waals surface area contributed by atoms with Crippen molar-refractivity contribution in [3.63, 3.8) is 0 Å². The summed E-state index contributed by atoms with van der Waals surface area (Å²) in [6.45, 7) is 4.94. The first-order valence-electron chi connectivity index (χ1n) is 8.19. The van der Waals surface area contributed by atoms with Crippen LogP contribution in [-0.2, 0) is 9.84 Å². The smallest absolute Gasteiger partial charge is 0.188 e. The molecule has 3 aromatic rings. The molecule has 0 aliphatic carbocycles. The second-order valence-electron chi connectivity index (χ2n) is 7.00. The first kappa shape index (κ1) is 19.0. The number of fused-ring (bicyclic) bond motifs is 1. The molecule has 0 saturated carbocycles. The highest BCUT2D eigenvalue weighted by Gasteiger charge is 2.34. The summed E-state index contributed by atoms with van der Waals surface area (Å²) < 4.78 is 37.5. The summed E-state index contributed by atoms with van der Waals surface area (Å²) in [5, 5.41) is 0. The molecule has 27 heavy (non-hydrogen) atoms. The molecule has 2 N–H and O–H groups in total. The van der Waals surface area contributed by atoms with E-state index < -0.39 is 14.6 Å². The number of nitrogens with zero attached hydrogens (tertiary/aromatic N) is 3. The zero-order valence-electron chi connectivity index (χ0n) is 15.8. The van der Waals surface area contributed by atoms with Crippen LogP contribution in [0.4, 0.5) is 5.82 Å². The van der Waals surface area contributed by atoms with Crippen molar-refractivity contribution in [3.8, 4) is 22.8 Å². The number of anilines is 1. The number of hydrogen-bond acceptors (Lipinski definition) is 7. The normalized spacial score (nSPS) is 12.3. The molecule has 0 aromatic carbocycles. The molecule has 3 heterocycles. The molecule has 0 aliphatic rings. The van der Waals surface area contributed by atoms with Crippen LogP contribution in [0.5, 0.6) is 11.5 Å². The van der Waals surface area contributed by atoms with E-state index >= 15 is 0 Å². The standard InChI is InChI=1S/C18H22N4O4S/c1-18(2,3)27(23,24)15-10-22-12(9-21-17(22)7-14(15)26-5)11-8-20-16(19)6-13(11)25-4/h6-10H,1-5H3,(H2,19,20). The van der Waals surface area contributed by atoms with Gasteiger partial charge in [-0.1, -0.05) is 0 Å². The van der Waals surface area contributed by atoms with Crippen molar-refractivity contribution in [2.24, 2.45) is 0 Å². The molecule has 3 aromatic heterocycles. The third-order valence-electron chi connectivity index (χ3n) is 4.27. The van der Waals surface area contributed by atoms with Crippen LogP contribution in [0.2, 0.25) is 0 Å².